The number of aromatic amines is 1. The molecule has 2 unspecified atom stereocenters. The van der Waals surface area contributed by atoms with E-state index in [9.17, 15) is 9.59 Å². The largest absolute Gasteiger partial charge is 0.492 e. The molecule has 7 nitrogen and oxygen atoms in total. The Hall–Kier alpha value is -3.35. The lowest BCUT2D eigenvalue weighted by atomic mass is 9.69. The van der Waals surface area contributed by atoms with Crippen molar-refractivity contribution >= 4 is 11.8 Å². The number of carbonyl (C=O) groups excluding carboxylic acids is 2. The Balaban J connectivity index is 1.75. The number of rotatable bonds is 6. The summed E-state index contributed by atoms with van der Waals surface area (Å²) in [6.45, 7) is 0.443. The Bertz CT molecular complexity index is 979. The molecule has 29 heavy (non-hydrogen) atoms. The van der Waals surface area contributed by atoms with E-state index in [1.54, 1.807) is 25.6 Å². The van der Waals surface area contributed by atoms with Crippen LogP contribution in [0.25, 0.3) is 0 Å². The number of nitrogens with zero attached hydrogens (tertiary/aromatic N) is 1. The lowest BCUT2D eigenvalue weighted by Crippen LogP contribution is -2.40. The molecule has 1 aliphatic heterocycles. The molecule has 4 N–H and O–H groups in total. The molecule has 4 rings (SSSR count). The smallest absolute Gasteiger partial charge is 0.254 e. The molecule has 2 heterocycles. The van der Waals surface area contributed by atoms with Crippen molar-refractivity contribution in [1.29, 1.82) is 0 Å². The summed E-state index contributed by atoms with van der Waals surface area (Å²) in [7, 11) is 1.57. The highest BCUT2D eigenvalue weighted by atomic mass is 16.5. The van der Waals surface area contributed by atoms with Crippen LogP contribution in [0.2, 0.25) is 0 Å². The number of H-pyrrole nitrogens is 1. The van der Waals surface area contributed by atoms with Crippen LogP contribution in [0.1, 0.15) is 30.0 Å². The van der Waals surface area contributed by atoms with Crippen molar-refractivity contribution in [1.82, 2.24) is 15.3 Å². The molecule has 1 aromatic carbocycles. The number of aromatic nitrogens is 2. The lowest BCUT2D eigenvalue weighted by molar-refractivity contribution is -0.125. The van der Waals surface area contributed by atoms with Crippen molar-refractivity contribution in [2.24, 2.45) is 11.1 Å². The van der Waals surface area contributed by atoms with E-state index < -0.39 is 11.3 Å². The first-order valence-corrected chi connectivity index (χ1v) is 9.67. The van der Waals surface area contributed by atoms with Crippen molar-refractivity contribution in [2.45, 2.75) is 25.2 Å². The number of aryl methyl sites for hydroxylation is 1. The summed E-state index contributed by atoms with van der Waals surface area (Å²) in [5, 5.41) is 2.66. The number of benzene rings is 1. The van der Waals surface area contributed by atoms with Gasteiger partial charge in [-0.1, -0.05) is 36.4 Å². The summed E-state index contributed by atoms with van der Waals surface area (Å²) in [6, 6.07) is 10.00. The zero-order valence-corrected chi connectivity index (χ0v) is 16.3. The highest BCUT2D eigenvalue weighted by Crippen LogP contribution is 2.49. The third kappa shape index (κ3) is 3.44. The van der Waals surface area contributed by atoms with Crippen LogP contribution >= 0.6 is 0 Å². The molecule has 0 fully saturated rings. The molecule has 2 aromatic rings. The predicted molar refractivity (Wildman–Crippen MR) is 107 cm³/mol. The van der Waals surface area contributed by atoms with Gasteiger partial charge in [-0.2, -0.15) is 0 Å². The number of ether oxygens (including phenoxy) is 1. The zero-order chi connectivity index (χ0) is 20.4. The van der Waals surface area contributed by atoms with Gasteiger partial charge in [-0.15, -0.1) is 0 Å². The fourth-order valence-corrected chi connectivity index (χ4v) is 4.21. The molecule has 0 bridgehead atoms. The van der Waals surface area contributed by atoms with E-state index >= 15 is 0 Å². The number of primary amides is 1. The summed E-state index contributed by atoms with van der Waals surface area (Å²) >= 11 is 0. The van der Waals surface area contributed by atoms with Crippen molar-refractivity contribution in [2.75, 3.05) is 13.7 Å². The van der Waals surface area contributed by atoms with Gasteiger partial charge in [0.15, 0.2) is 0 Å². The number of amides is 2. The van der Waals surface area contributed by atoms with Gasteiger partial charge in [0.25, 0.3) is 5.91 Å². The molecule has 1 aliphatic carbocycles. The van der Waals surface area contributed by atoms with Crippen LogP contribution < -0.4 is 11.1 Å². The van der Waals surface area contributed by atoms with Gasteiger partial charge in [0.1, 0.15) is 5.76 Å². The highest BCUT2D eigenvalue weighted by Gasteiger charge is 2.46. The second-order valence-corrected chi connectivity index (χ2v) is 7.54. The monoisotopic (exact) mass is 392 g/mol. The number of nitrogens with one attached hydrogen (secondary N) is 2. The molecule has 1 aromatic heterocycles. The SMILES string of the molecule is CNC(=O)C1=CC(CCc2cnc[nH]2)(C(N)=O)CC2=C1OCC2c1ccccc1. The minimum Gasteiger partial charge on any atom is -0.492 e. The molecule has 0 saturated carbocycles. The first-order chi connectivity index (χ1) is 14.0. The summed E-state index contributed by atoms with van der Waals surface area (Å²) in [4.78, 5) is 32.4. The molecule has 0 saturated heterocycles. The van der Waals surface area contributed by atoms with Crippen LogP contribution in [0.3, 0.4) is 0 Å². The molecular formula is C22H24N4O3. The quantitative estimate of drug-likeness (QED) is 0.698. The summed E-state index contributed by atoms with van der Waals surface area (Å²) < 4.78 is 5.97. The van der Waals surface area contributed by atoms with Crippen LogP contribution in [0.4, 0.5) is 0 Å². The van der Waals surface area contributed by atoms with E-state index in [0.29, 0.717) is 37.2 Å². The molecule has 0 spiro atoms. The molecular weight excluding hydrogens is 368 g/mol. The van der Waals surface area contributed by atoms with Crippen LogP contribution in [0, 0.1) is 5.41 Å². The molecule has 2 atom stereocenters. The number of likely N-dealkylation sites (N-methyl/N-ethyl adjacent to an activating group) is 1. The maximum atomic E-state index is 12.7. The molecule has 2 aliphatic rings. The summed E-state index contributed by atoms with van der Waals surface area (Å²) in [6.07, 6.45) is 6.55. The number of hydrogen-bond acceptors (Lipinski definition) is 4. The molecule has 150 valence electrons. The van der Waals surface area contributed by atoms with Crippen LogP contribution in [-0.4, -0.2) is 35.4 Å². The fraction of sp³-hybridized carbons (Fsp3) is 0.318. The first-order valence-electron chi connectivity index (χ1n) is 9.67. The van der Waals surface area contributed by atoms with Gasteiger partial charge in [0.2, 0.25) is 5.91 Å². The zero-order valence-electron chi connectivity index (χ0n) is 16.3. The normalized spacial score (nSPS) is 23.2. The van der Waals surface area contributed by atoms with E-state index in [-0.39, 0.29) is 11.8 Å². The lowest BCUT2D eigenvalue weighted by Gasteiger charge is -2.33. The predicted octanol–water partition coefficient (Wildman–Crippen LogP) is 1.96. The van der Waals surface area contributed by atoms with Gasteiger partial charge in [0.05, 0.1) is 23.9 Å². The Morgan fingerprint density at radius 3 is 2.79 bits per heavy atom. The second kappa shape index (κ2) is 7.58. The van der Waals surface area contributed by atoms with Crippen molar-refractivity contribution in [3.8, 4) is 0 Å². The standard InChI is InChI=1S/C22H24N4O3/c1-24-20(27)17-10-22(21(23)28,8-7-15-11-25-13-26-15)9-16-18(12-29-19(16)17)14-5-3-2-4-6-14/h2-6,10-11,13,18H,7-9,12H2,1H3,(H2,23,28)(H,24,27)(H,25,26). The van der Waals surface area contributed by atoms with Crippen molar-refractivity contribution in [3.05, 3.63) is 77.1 Å². The average Bonchev–Trinajstić information content (AvgIpc) is 3.41. The maximum Gasteiger partial charge on any atom is 0.254 e. The second-order valence-electron chi connectivity index (χ2n) is 7.54. The van der Waals surface area contributed by atoms with Crippen LogP contribution in [-0.2, 0) is 20.7 Å². The van der Waals surface area contributed by atoms with E-state index in [0.717, 1.165) is 16.8 Å². The minimum absolute atomic E-state index is 0.00886. The van der Waals surface area contributed by atoms with E-state index in [1.165, 1.54) is 0 Å². The van der Waals surface area contributed by atoms with Gasteiger partial charge >= 0.3 is 0 Å². The van der Waals surface area contributed by atoms with Gasteiger partial charge in [-0.05, 0) is 30.4 Å². The van der Waals surface area contributed by atoms with E-state index in [4.69, 9.17) is 10.5 Å². The first kappa shape index (κ1) is 19.0. The summed E-state index contributed by atoms with van der Waals surface area (Å²) in [5.74, 6) is -0.149. The third-order valence-corrected chi connectivity index (χ3v) is 5.84. The number of imidazole rings is 1. The molecule has 0 radical (unpaired) electrons. The highest BCUT2D eigenvalue weighted by molar-refractivity contribution is 5.99. The van der Waals surface area contributed by atoms with E-state index in [1.807, 2.05) is 30.3 Å². The molecule has 7 heteroatoms. The average molecular weight is 392 g/mol. The Labute approximate surface area is 169 Å². The van der Waals surface area contributed by atoms with Crippen LogP contribution in [0.5, 0.6) is 0 Å². The van der Waals surface area contributed by atoms with Gasteiger partial charge in [-0.25, -0.2) is 4.98 Å². The molecule has 2 amide bonds. The van der Waals surface area contributed by atoms with Gasteiger partial charge in [-0.3, -0.25) is 9.59 Å². The number of carbonyl (C=O) groups is 2. The van der Waals surface area contributed by atoms with Crippen LogP contribution in [0.15, 0.2) is 65.8 Å². The van der Waals surface area contributed by atoms with Gasteiger partial charge < -0.3 is 20.8 Å². The topological polar surface area (TPSA) is 110 Å². The maximum absolute atomic E-state index is 12.7. The fourth-order valence-electron chi connectivity index (χ4n) is 4.21. The Kier molecular flexibility index (Phi) is 4.96. The van der Waals surface area contributed by atoms with E-state index in [2.05, 4.69) is 15.3 Å². The third-order valence-electron chi connectivity index (χ3n) is 5.84. The number of nitrogens with two attached hydrogens (primary N) is 1. The minimum atomic E-state index is -0.966. The number of hydrogen-bond donors (Lipinski definition) is 3. The van der Waals surface area contributed by atoms with Crippen molar-refractivity contribution < 1.29 is 14.3 Å². The van der Waals surface area contributed by atoms with Crippen molar-refractivity contribution in [3.63, 3.8) is 0 Å². The van der Waals surface area contributed by atoms with Gasteiger partial charge in [0, 0.05) is 24.9 Å². The Morgan fingerprint density at radius 1 is 1.34 bits per heavy atom. The Morgan fingerprint density at radius 2 is 2.14 bits per heavy atom. The summed E-state index contributed by atoms with van der Waals surface area (Å²) in [5.41, 5.74) is 8.30.